The van der Waals surface area contributed by atoms with Gasteiger partial charge >= 0.3 is 13.8 Å². The highest BCUT2D eigenvalue weighted by Crippen LogP contribution is 2.56. The van der Waals surface area contributed by atoms with Crippen molar-refractivity contribution >= 4 is 31.1 Å². The van der Waals surface area contributed by atoms with Crippen LogP contribution in [0.1, 0.15) is 13.3 Å². The Hall–Kier alpha value is -2.35. The van der Waals surface area contributed by atoms with Crippen molar-refractivity contribution in [1.82, 2.24) is 14.9 Å². The summed E-state index contributed by atoms with van der Waals surface area (Å²) >= 11 is 0. The summed E-state index contributed by atoms with van der Waals surface area (Å²) in [5, 5.41) is 2.56. The normalized spacial score (nSPS) is 26.9. The van der Waals surface area contributed by atoms with Crippen LogP contribution in [0.15, 0.2) is 12.1 Å². The molecule has 15 heteroatoms. The summed E-state index contributed by atoms with van der Waals surface area (Å²) in [4.78, 5) is 28.3. The summed E-state index contributed by atoms with van der Waals surface area (Å²) in [6, 6.07) is 2.21. The van der Waals surface area contributed by atoms with E-state index in [0.717, 1.165) is 17.0 Å². The van der Waals surface area contributed by atoms with E-state index in [1.165, 1.54) is 6.92 Å². The number of hydrogen-bond acceptors (Lipinski definition) is 9. The average Bonchev–Trinajstić information content (AvgIpc) is 3.28. The van der Waals surface area contributed by atoms with Crippen molar-refractivity contribution in [2.75, 3.05) is 82.0 Å². The van der Waals surface area contributed by atoms with E-state index in [0.29, 0.717) is 45.9 Å². The number of morpholine rings is 1. The largest absolute Gasteiger partial charge is 0.442 e. The standard InChI is InChI=1S/C23H32F2N5O7P/c1-16(31)26-13-18-14-29(23(32)37-18)17-11-19(24)22(20(25)12-17)28-3-4-30(38(33)35-7-2-8-36-38)21(15-28)27-5-9-34-10-6-27/h11-12,18,21H,2-10,13-15H2,1H3,(H,26,31). The third kappa shape index (κ3) is 5.65. The van der Waals surface area contributed by atoms with Crippen molar-refractivity contribution in [3.63, 3.8) is 0 Å². The maximum absolute atomic E-state index is 15.5. The molecule has 4 aliphatic rings. The smallest absolute Gasteiger partial charge is 0.414 e. The first kappa shape index (κ1) is 27.2. The minimum atomic E-state index is -3.55. The van der Waals surface area contributed by atoms with E-state index >= 15 is 8.78 Å². The van der Waals surface area contributed by atoms with Crippen LogP contribution in [0.3, 0.4) is 0 Å². The molecule has 12 nitrogen and oxygen atoms in total. The quantitative estimate of drug-likeness (QED) is 0.518. The van der Waals surface area contributed by atoms with Crippen LogP contribution in [-0.2, 0) is 27.9 Å². The molecule has 5 rings (SSSR count). The molecule has 4 aliphatic heterocycles. The van der Waals surface area contributed by atoms with Crippen molar-refractivity contribution in [2.45, 2.75) is 25.6 Å². The number of hydrogen-bond donors (Lipinski definition) is 1. The summed E-state index contributed by atoms with van der Waals surface area (Å²) in [5.41, 5.74) is -0.200. The van der Waals surface area contributed by atoms with Crippen molar-refractivity contribution in [3.8, 4) is 0 Å². The number of anilines is 2. The van der Waals surface area contributed by atoms with Crippen LogP contribution in [0.2, 0.25) is 0 Å². The second kappa shape index (κ2) is 11.4. The lowest BCUT2D eigenvalue weighted by Gasteiger charge is -2.49. The minimum Gasteiger partial charge on any atom is -0.442 e. The zero-order valence-corrected chi connectivity index (χ0v) is 22.0. The van der Waals surface area contributed by atoms with E-state index in [1.54, 1.807) is 9.57 Å². The SMILES string of the molecule is CC(=O)NCC1CN(c2cc(F)c(N3CCN(P4(=O)OCCCO4)C(N4CCOCC4)C3)c(F)c2)C(=O)O1. The van der Waals surface area contributed by atoms with Crippen LogP contribution < -0.4 is 15.1 Å². The molecule has 1 aromatic carbocycles. The fourth-order valence-corrected chi connectivity index (χ4v) is 7.10. The number of nitrogens with zero attached hydrogens (tertiary/aromatic N) is 4. The Balaban J connectivity index is 1.35. The molecule has 2 unspecified atom stereocenters. The van der Waals surface area contributed by atoms with E-state index in [1.807, 2.05) is 0 Å². The minimum absolute atomic E-state index is 0.0240. The van der Waals surface area contributed by atoms with E-state index in [-0.39, 0.29) is 50.0 Å². The van der Waals surface area contributed by atoms with Crippen LogP contribution in [0.5, 0.6) is 0 Å². The molecule has 0 spiro atoms. The van der Waals surface area contributed by atoms with Gasteiger partial charge in [-0.3, -0.25) is 23.6 Å². The summed E-state index contributed by atoms with van der Waals surface area (Å²) in [7, 11) is -3.55. The van der Waals surface area contributed by atoms with Crippen molar-refractivity contribution in [3.05, 3.63) is 23.8 Å². The number of nitrogens with one attached hydrogen (secondary N) is 1. The van der Waals surface area contributed by atoms with Gasteiger partial charge in [-0.15, -0.1) is 0 Å². The molecule has 0 aliphatic carbocycles. The highest BCUT2D eigenvalue weighted by atomic mass is 31.2. The monoisotopic (exact) mass is 559 g/mol. The van der Waals surface area contributed by atoms with Gasteiger partial charge in [0, 0.05) is 51.8 Å². The fourth-order valence-electron chi connectivity index (χ4n) is 5.13. The Bertz CT molecular complexity index is 1070. The molecule has 0 aromatic heterocycles. The van der Waals surface area contributed by atoms with Gasteiger partial charge in [0.15, 0.2) is 11.6 Å². The molecule has 4 fully saturated rings. The summed E-state index contributed by atoms with van der Waals surface area (Å²) in [5.74, 6) is -1.93. The molecule has 210 valence electrons. The number of benzene rings is 1. The molecule has 0 saturated carbocycles. The molecule has 38 heavy (non-hydrogen) atoms. The van der Waals surface area contributed by atoms with Crippen LogP contribution in [-0.4, -0.2) is 106 Å². The maximum atomic E-state index is 15.5. The third-order valence-electron chi connectivity index (χ3n) is 6.99. The third-order valence-corrected chi connectivity index (χ3v) is 9.10. The van der Waals surface area contributed by atoms with Gasteiger partial charge in [-0.25, -0.2) is 18.1 Å². The molecule has 0 radical (unpaired) electrons. The highest BCUT2D eigenvalue weighted by molar-refractivity contribution is 7.51. The fraction of sp³-hybridized carbons (Fsp3) is 0.652. The lowest BCUT2D eigenvalue weighted by molar-refractivity contribution is -0.119. The van der Waals surface area contributed by atoms with Crippen LogP contribution in [0, 0.1) is 11.6 Å². The number of ether oxygens (including phenoxy) is 2. The Morgan fingerprint density at radius 1 is 1.05 bits per heavy atom. The number of carbonyl (C=O) groups is 2. The van der Waals surface area contributed by atoms with Gasteiger partial charge < -0.3 is 19.7 Å². The lowest BCUT2D eigenvalue weighted by atomic mass is 10.1. The molecule has 2 amide bonds. The van der Waals surface area contributed by atoms with E-state index in [4.69, 9.17) is 18.5 Å². The van der Waals surface area contributed by atoms with Crippen LogP contribution in [0.4, 0.5) is 25.0 Å². The van der Waals surface area contributed by atoms with Gasteiger partial charge in [-0.2, -0.15) is 4.67 Å². The maximum Gasteiger partial charge on any atom is 0.414 e. The van der Waals surface area contributed by atoms with E-state index in [2.05, 4.69) is 10.2 Å². The van der Waals surface area contributed by atoms with Gasteiger partial charge in [0.05, 0.1) is 51.4 Å². The molecule has 0 bridgehead atoms. The average molecular weight is 560 g/mol. The molecular formula is C23H32F2N5O7P. The molecule has 4 heterocycles. The Morgan fingerprint density at radius 3 is 2.39 bits per heavy atom. The zero-order valence-electron chi connectivity index (χ0n) is 21.1. The summed E-state index contributed by atoms with van der Waals surface area (Å²) in [6.07, 6.45) is -1.21. The van der Waals surface area contributed by atoms with Gasteiger partial charge in [0.1, 0.15) is 11.8 Å². The van der Waals surface area contributed by atoms with Crippen molar-refractivity contribution in [1.29, 1.82) is 0 Å². The first-order valence-electron chi connectivity index (χ1n) is 12.7. The first-order valence-corrected chi connectivity index (χ1v) is 14.2. The Morgan fingerprint density at radius 2 is 1.74 bits per heavy atom. The van der Waals surface area contributed by atoms with Gasteiger partial charge in [0.2, 0.25) is 5.91 Å². The van der Waals surface area contributed by atoms with Crippen LogP contribution >= 0.6 is 7.75 Å². The predicted octanol–water partition coefficient (Wildman–Crippen LogP) is 1.75. The molecular weight excluding hydrogens is 527 g/mol. The second-order valence-corrected chi connectivity index (χ2v) is 11.5. The first-order chi connectivity index (χ1) is 18.2. The summed E-state index contributed by atoms with van der Waals surface area (Å²) in [6.45, 7) is 4.81. The molecule has 1 aromatic rings. The zero-order chi connectivity index (χ0) is 26.9. The highest BCUT2D eigenvalue weighted by Gasteiger charge is 2.46. The van der Waals surface area contributed by atoms with Gasteiger partial charge in [0.25, 0.3) is 0 Å². The predicted molar refractivity (Wildman–Crippen MR) is 132 cm³/mol. The topological polar surface area (TPSA) is 113 Å². The molecule has 4 saturated heterocycles. The molecule has 2 atom stereocenters. The van der Waals surface area contributed by atoms with Crippen molar-refractivity contribution < 1.29 is 41.5 Å². The number of amides is 2. The number of cyclic esters (lactones) is 1. The molecule has 1 N–H and O–H groups in total. The van der Waals surface area contributed by atoms with Gasteiger partial charge in [-0.1, -0.05) is 0 Å². The number of carbonyl (C=O) groups excluding carboxylic acids is 2. The number of piperazine rings is 1. The Labute approximate surface area is 219 Å². The lowest BCUT2D eigenvalue weighted by Crippen LogP contribution is -2.61. The summed E-state index contributed by atoms with van der Waals surface area (Å²) < 4.78 is 68.0. The van der Waals surface area contributed by atoms with Crippen molar-refractivity contribution in [2.24, 2.45) is 0 Å². The van der Waals surface area contributed by atoms with Gasteiger partial charge in [-0.05, 0) is 6.42 Å². The Kier molecular flexibility index (Phi) is 8.17. The number of halogens is 2. The number of rotatable bonds is 6. The second-order valence-electron chi connectivity index (χ2n) is 9.54. The van der Waals surface area contributed by atoms with E-state index in [9.17, 15) is 14.2 Å². The van der Waals surface area contributed by atoms with Crippen LogP contribution in [0.25, 0.3) is 0 Å². The van der Waals surface area contributed by atoms with E-state index < -0.39 is 37.7 Å².